The molecule has 0 bridgehead atoms. The minimum Gasteiger partial charge on any atom is -0.466 e. The van der Waals surface area contributed by atoms with E-state index in [0.29, 0.717) is 25.9 Å². The van der Waals surface area contributed by atoms with E-state index in [1.807, 2.05) is 12.2 Å². The zero-order valence-electron chi connectivity index (χ0n) is 47.7. The van der Waals surface area contributed by atoms with Crippen LogP contribution in [0.2, 0.25) is 0 Å². The lowest BCUT2D eigenvalue weighted by atomic mass is 10.0. The van der Waals surface area contributed by atoms with Crippen molar-refractivity contribution in [3.8, 4) is 0 Å². The fourth-order valence-electron chi connectivity index (χ4n) is 9.80. The van der Waals surface area contributed by atoms with Crippen LogP contribution in [0.4, 0.5) is 0 Å². The van der Waals surface area contributed by atoms with Gasteiger partial charge in [-0.25, -0.2) is 0 Å². The van der Waals surface area contributed by atoms with Gasteiger partial charge < -0.3 is 20.3 Å². The Hall–Kier alpha value is -1.92. The number of nitrogens with one attached hydrogen (secondary N) is 1. The Morgan fingerprint density at radius 2 is 0.718 bits per heavy atom. The molecule has 0 aromatic carbocycles. The highest BCUT2D eigenvalue weighted by molar-refractivity contribution is 5.76. The average molecular weight is 999 g/mol. The normalized spacial score (nSPS) is 12.8. The quantitative estimate of drug-likeness (QED) is 0.0321. The standard InChI is InChI=1S/C65H123NO5/c1-3-5-7-9-11-13-15-17-19-21-22-23-24-25-26-27-28-29-30-33-37-41-45-49-53-57-63(68)62(61-67)66-64(69)58-54-50-46-42-38-34-32-36-40-44-48-52-56-60-71-65(70)59-55-51-47-43-39-35-31-20-18-16-14-12-10-8-6-4-2/h34,38,46,50,53,57,62-63,67-68H,3-33,35-37,39-45,47-49,51-52,54-56,58-61H2,1-2H3,(H,66,69)/b38-34-,50-46-,57-53+. The molecular formula is C65H123NO5. The summed E-state index contributed by atoms with van der Waals surface area (Å²) < 4.78 is 5.47. The summed E-state index contributed by atoms with van der Waals surface area (Å²) in [4.78, 5) is 24.5. The number of esters is 1. The highest BCUT2D eigenvalue weighted by atomic mass is 16.5. The van der Waals surface area contributed by atoms with Crippen LogP contribution in [0, 0.1) is 0 Å². The van der Waals surface area contributed by atoms with Gasteiger partial charge in [0, 0.05) is 12.8 Å². The van der Waals surface area contributed by atoms with Crippen molar-refractivity contribution in [3.63, 3.8) is 0 Å². The van der Waals surface area contributed by atoms with Gasteiger partial charge in [0.25, 0.3) is 0 Å². The monoisotopic (exact) mass is 998 g/mol. The van der Waals surface area contributed by atoms with E-state index in [1.54, 1.807) is 6.08 Å². The maximum absolute atomic E-state index is 12.5. The largest absolute Gasteiger partial charge is 0.466 e. The molecule has 0 heterocycles. The number of carbonyl (C=O) groups excluding carboxylic acids is 2. The van der Waals surface area contributed by atoms with Gasteiger partial charge in [-0.2, -0.15) is 0 Å². The second-order valence-electron chi connectivity index (χ2n) is 21.7. The number of carbonyl (C=O) groups is 2. The number of aliphatic hydroxyl groups excluding tert-OH is 2. The van der Waals surface area contributed by atoms with Crippen LogP contribution >= 0.6 is 0 Å². The Morgan fingerprint density at radius 3 is 1.10 bits per heavy atom. The Kier molecular flexibility index (Phi) is 59.0. The van der Waals surface area contributed by atoms with E-state index in [1.165, 1.54) is 257 Å². The van der Waals surface area contributed by atoms with Crippen LogP contribution in [0.1, 0.15) is 341 Å². The summed E-state index contributed by atoms with van der Waals surface area (Å²) in [5, 5.41) is 23.1. The van der Waals surface area contributed by atoms with Gasteiger partial charge in [0.05, 0.1) is 25.4 Å². The Bertz CT molecular complexity index is 1150. The van der Waals surface area contributed by atoms with Gasteiger partial charge in [-0.1, -0.05) is 314 Å². The molecule has 0 rings (SSSR count). The van der Waals surface area contributed by atoms with Crippen LogP contribution in [-0.4, -0.2) is 47.4 Å². The Morgan fingerprint density at radius 1 is 0.394 bits per heavy atom. The third kappa shape index (κ3) is 57.2. The molecule has 2 unspecified atom stereocenters. The molecule has 0 saturated heterocycles. The van der Waals surface area contributed by atoms with Crippen LogP contribution in [0.3, 0.4) is 0 Å². The number of unbranched alkanes of at least 4 members (excludes halogenated alkanes) is 44. The predicted octanol–water partition coefficient (Wildman–Crippen LogP) is 20.0. The molecule has 0 radical (unpaired) electrons. The summed E-state index contributed by atoms with van der Waals surface area (Å²) in [7, 11) is 0. The SMILES string of the molecule is CCCCCCCCCCCCCCCCCCCCCCCCC/C=C/C(O)C(CO)NC(=O)CC/C=C\C/C=C\CCCCCCCCOC(=O)CCCCCCCCCCCCCCCCCC. The van der Waals surface area contributed by atoms with Crippen molar-refractivity contribution in [2.45, 2.75) is 353 Å². The molecular weight excluding hydrogens is 875 g/mol. The van der Waals surface area contributed by atoms with E-state index in [4.69, 9.17) is 4.74 Å². The van der Waals surface area contributed by atoms with Crippen molar-refractivity contribution >= 4 is 11.9 Å². The third-order valence-electron chi connectivity index (χ3n) is 14.7. The van der Waals surface area contributed by atoms with Gasteiger partial charge in [-0.05, 0) is 51.4 Å². The smallest absolute Gasteiger partial charge is 0.305 e. The molecule has 0 aromatic heterocycles. The van der Waals surface area contributed by atoms with Crippen LogP contribution in [0.25, 0.3) is 0 Å². The van der Waals surface area contributed by atoms with E-state index >= 15 is 0 Å². The van der Waals surface area contributed by atoms with E-state index in [2.05, 4.69) is 37.4 Å². The molecule has 0 aliphatic carbocycles. The lowest BCUT2D eigenvalue weighted by Crippen LogP contribution is -2.45. The van der Waals surface area contributed by atoms with E-state index in [-0.39, 0.29) is 18.5 Å². The summed E-state index contributed by atoms with van der Waals surface area (Å²) in [5.74, 6) is -0.160. The second-order valence-corrected chi connectivity index (χ2v) is 21.7. The molecule has 0 saturated carbocycles. The number of allylic oxidation sites excluding steroid dienone is 5. The average Bonchev–Trinajstić information content (AvgIpc) is 3.37. The molecule has 1 amide bonds. The highest BCUT2D eigenvalue weighted by Crippen LogP contribution is 2.18. The molecule has 6 heteroatoms. The van der Waals surface area contributed by atoms with Crippen molar-refractivity contribution in [2.75, 3.05) is 13.2 Å². The first-order chi connectivity index (χ1) is 35.0. The molecule has 6 nitrogen and oxygen atoms in total. The maximum atomic E-state index is 12.5. The summed E-state index contributed by atoms with van der Waals surface area (Å²) in [6.45, 7) is 4.87. The Labute approximate surface area is 443 Å². The van der Waals surface area contributed by atoms with E-state index in [9.17, 15) is 19.8 Å². The zero-order chi connectivity index (χ0) is 51.4. The fourth-order valence-corrected chi connectivity index (χ4v) is 9.80. The minimum absolute atomic E-state index is 0.0144. The first-order valence-electron chi connectivity index (χ1n) is 31.8. The molecule has 2 atom stereocenters. The number of amides is 1. The zero-order valence-corrected chi connectivity index (χ0v) is 47.7. The van der Waals surface area contributed by atoms with Crippen molar-refractivity contribution in [1.82, 2.24) is 5.32 Å². The van der Waals surface area contributed by atoms with Gasteiger partial charge in [-0.3, -0.25) is 9.59 Å². The van der Waals surface area contributed by atoms with Crippen molar-refractivity contribution in [1.29, 1.82) is 0 Å². The molecule has 0 aliphatic rings. The first-order valence-corrected chi connectivity index (χ1v) is 31.8. The highest BCUT2D eigenvalue weighted by Gasteiger charge is 2.17. The summed E-state index contributed by atoms with van der Waals surface area (Å²) >= 11 is 0. The predicted molar refractivity (Wildman–Crippen MR) is 310 cm³/mol. The van der Waals surface area contributed by atoms with Gasteiger partial charge in [-0.15, -0.1) is 0 Å². The lowest BCUT2D eigenvalue weighted by Gasteiger charge is -2.19. The summed E-state index contributed by atoms with van der Waals surface area (Å²) in [6, 6.07) is -0.673. The number of ether oxygens (including phenoxy) is 1. The fraction of sp³-hybridized carbons (Fsp3) is 0.877. The molecule has 418 valence electrons. The minimum atomic E-state index is -0.881. The number of hydrogen-bond donors (Lipinski definition) is 3. The van der Waals surface area contributed by atoms with E-state index < -0.39 is 12.1 Å². The van der Waals surface area contributed by atoms with Crippen molar-refractivity contribution in [2.24, 2.45) is 0 Å². The molecule has 0 aromatic rings. The molecule has 0 spiro atoms. The molecule has 0 aliphatic heterocycles. The number of rotatable bonds is 59. The van der Waals surface area contributed by atoms with Crippen LogP contribution in [-0.2, 0) is 14.3 Å². The van der Waals surface area contributed by atoms with Gasteiger partial charge in [0.15, 0.2) is 0 Å². The maximum Gasteiger partial charge on any atom is 0.305 e. The van der Waals surface area contributed by atoms with Crippen LogP contribution < -0.4 is 5.32 Å². The van der Waals surface area contributed by atoms with Crippen LogP contribution in [0.5, 0.6) is 0 Å². The molecule has 3 N–H and O–H groups in total. The van der Waals surface area contributed by atoms with Gasteiger partial charge in [0.1, 0.15) is 0 Å². The Balaban J connectivity index is 3.54. The van der Waals surface area contributed by atoms with Crippen molar-refractivity contribution in [3.05, 3.63) is 36.5 Å². The molecule has 71 heavy (non-hydrogen) atoms. The van der Waals surface area contributed by atoms with Gasteiger partial charge in [0.2, 0.25) is 5.91 Å². The van der Waals surface area contributed by atoms with E-state index in [0.717, 1.165) is 51.4 Å². The third-order valence-corrected chi connectivity index (χ3v) is 14.7. The topological polar surface area (TPSA) is 95.9 Å². The van der Waals surface area contributed by atoms with Crippen molar-refractivity contribution < 1.29 is 24.5 Å². The lowest BCUT2D eigenvalue weighted by molar-refractivity contribution is -0.143. The summed E-state index contributed by atoms with van der Waals surface area (Å²) in [6.07, 6.45) is 76.3. The second kappa shape index (κ2) is 60.6. The van der Waals surface area contributed by atoms with Gasteiger partial charge >= 0.3 is 5.97 Å². The number of aliphatic hydroxyl groups is 2. The molecule has 0 fully saturated rings. The number of hydrogen-bond acceptors (Lipinski definition) is 5. The summed E-state index contributed by atoms with van der Waals surface area (Å²) in [5.41, 5.74) is 0. The van der Waals surface area contributed by atoms with Crippen LogP contribution in [0.15, 0.2) is 36.5 Å². The first kappa shape index (κ1) is 69.1.